The Morgan fingerprint density at radius 1 is 1.25 bits per heavy atom. The number of carboxylic acids is 1. The maximum Gasteiger partial charge on any atom is 0.306 e. The zero-order valence-electron chi connectivity index (χ0n) is 11.0. The highest BCUT2D eigenvalue weighted by Crippen LogP contribution is 2.23. The van der Waals surface area contributed by atoms with Crippen molar-refractivity contribution in [3.8, 4) is 0 Å². The molecule has 1 fully saturated rings. The summed E-state index contributed by atoms with van der Waals surface area (Å²) < 4.78 is 0. The Morgan fingerprint density at radius 3 is 2.65 bits per heavy atom. The fraction of sp³-hybridized carbons (Fsp3) is 0.333. The number of piperidine rings is 1. The number of anilines is 1. The van der Waals surface area contributed by atoms with E-state index in [0.717, 1.165) is 11.2 Å². The molecule has 0 atom stereocenters. The summed E-state index contributed by atoms with van der Waals surface area (Å²) in [5.74, 6) is -0.215. The van der Waals surface area contributed by atoms with E-state index in [1.54, 1.807) is 6.07 Å². The molecule has 0 amide bonds. The molecule has 20 heavy (non-hydrogen) atoms. The Labute approximate surface area is 115 Å². The number of benzene rings is 1. The van der Waals surface area contributed by atoms with Crippen molar-refractivity contribution in [1.82, 2.24) is 4.98 Å². The maximum absolute atomic E-state index is 12.0. The van der Waals surface area contributed by atoms with Crippen LogP contribution in [0, 0.1) is 5.92 Å². The molecular formula is C15H16N2O3. The van der Waals surface area contributed by atoms with Gasteiger partial charge in [0.2, 0.25) is 0 Å². The van der Waals surface area contributed by atoms with Gasteiger partial charge in [0, 0.05) is 18.5 Å². The number of carboxylic acid groups (broad SMARTS) is 1. The lowest BCUT2D eigenvalue weighted by Gasteiger charge is -2.31. The summed E-state index contributed by atoms with van der Waals surface area (Å²) in [4.78, 5) is 27.9. The van der Waals surface area contributed by atoms with Gasteiger partial charge in [-0.05, 0) is 30.4 Å². The molecule has 0 aliphatic carbocycles. The molecule has 1 aliphatic heterocycles. The van der Waals surface area contributed by atoms with Crippen LogP contribution in [0.15, 0.2) is 35.1 Å². The summed E-state index contributed by atoms with van der Waals surface area (Å²) in [6, 6.07) is 9.42. The molecule has 2 N–H and O–H groups in total. The van der Waals surface area contributed by atoms with E-state index in [0.29, 0.717) is 31.3 Å². The van der Waals surface area contributed by atoms with Crippen molar-refractivity contribution < 1.29 is 9.90 Å². The first-order chi connectivity index (χ1) is 9.65. The largest absolute Gasteiger partial charge is 0.481 e. The number of nitrogens with one attached hydrogen (secondary N) is 1. The number of nitrogens with zero attached hydrogens (tertiary/aromatic N) is 1. The van der Waals surface area contributed by atoms with Crippen LogP contribution < -0.4 is 10.5 Å². The van der Waals surface area contributed by atoms with Gasteiger partial charge in [-0.1, -0.05) is 18.2 Å². The number of rotatable bonds is 2. The molecule has 0 spiro atoms. The van der Waals surface area contributed by atoms with E-state index in [4.69, 9.17) is 5.11 Å². The second-order valence-corrected chi connectivity index (χ2v) is 5.17. The molecule has 104 valence electrons. The van der Waals surface area contributed by atoms with Gasteiger partial charge in [0.15, 0.2) is 0 Å². The summed E-state index contributed by atoms with van der Waals surface area (Å²) in [5, 5.41) is 10.6. The average Bonchev–Trinajstić information content (AvgIpc) is 2.47. The zero-order valence-corrected chi connectivity index (χ0v) is 11.0. The summed E-state index contributed by atoms with van der Waals surface area (Å²) >= 11 is 0. The van der Waals surface area contributed by atoms with Gasteiger partial charge in [0.25, 0.3) is 5.56 Å². The van der Waals surface area contributed by atoms with Crippen LogP contribution in [0.3, 0.4) is 0 Å². The monoisotopic (exact) mass is 272 g/mol. The lowest BCUT2D eigenvalue weighted by Crippen LogP contribution is -2.37. The molecule has 2 aromatic rings. The lowest BCUT2D eigenvalue weighted by atomic mass is 9.97. The van der Waals surface area contributed by atoms with Gasteiger partial charge < -0.3 is 15.0 Å². The topological polar surface area (TPSA) is 73.4 Å². The predicted octanol–water partition coefficient (Wildman–Crippen LogP) is 1.83. The zero-order chi connectivity index (χ0) is 14.1. The van der Waals surface area contributed by atoms with E-state index in [-0.39, 0.29) is 11.5 Å². The Hall–Kier alpha value is -2.30. The normalized spacial score (nSPS) is 16.5. The van der Waals surface area contributed by atoms with E-state index in [9.17, 15) is 9.59 Å². The maximum atomic E-state index is 12.0. The molecule has 0 unspecified atom stereocenters. The van der Waals surface area contributed by atoms with Crippen LogP contribution in [0.4, 0.5) is 5.82 Å². The number of hydrogen-bond donors (Lipinski definition) is 2. The number of carbonyl (C=O) groups is 1. The van der Waals surface area contributed by atoms with Gasteiger partial charge in [0.05, 0.1) is 5.92 Å². The lowest BCUT2D eigenvalue weighted by molar-refractivity contribution is -0.142. The van der Waals surface area contributed by atoms with Crippen LogP contribution >= 0.6 is 0 Å². The van der Waals surface area contributed by atoms with Crippen molar-refractivity contribution in [3.63, 3.8) is 0 Å². The number of H-pyrrole nitrogens is 1. The molecule has 0 radical (unpaired) electrons. The summed E-state index contributed by atoms with van der Waals surface area (Å²) in [7, 11) is 0. The summed E-state index contributed by atoms with van der Waals surface area (Å²) in [6.07, 6.45) is 1.23. The molecule has 0 saturated carbocycles. The third kappa shape index (κ3) is 2.27. The molecule has 1 aliphatic rings. The Balaban J connectivity index is 1.88. The van der Waals surface area contributed by atoms with Gasteiger partial charge in [-0.2, -0.15) is 0 Å². The highest BCUT2D eigenvalue weighted by molar-refractivity contribution is 5.83. The third-order valence-corrected chi connectivity index (χ3v) is 3.92. The Bertz CT molecular complexity index is 700. The number of pyridine rings is 1. The van der Waals surface area contributed by atoms with Crippen molar-refractivity contribution in [2.45, 2.75) is 12.8 Å². The van der Waals surface area contributed by atoms with Crippen LogP contribution in [0.2, 0.25) is 0 Å². The molecule has 1 aromatic carbocycles. The first-order valence-electron chi connectivity index (χ1n) is 6.75. The average molecular weight is 272 g/mol. The molecule has 1 saturated heterocycles. The smallest absolute Gasteiger partial charge is 0.306 e. The molecular weight excluding hydrogens is 256 g/mol. The minimum Gasteiger partial charge on any atom is -0.481 e. The summed E-state index contributed by atoms with van der Waals surface area (Å²) in [5.41, 5.74) is -0.0986. The number of aromatic amines is 1. The quantitative estimate of drug-likeness (QED) is 0.874. The number of aromatic nitrogens is 1. The van der Waals surface area contributed by atoms with E-state index in [1.165, 1.54) is 0 Å². The van der Waals surface area contributed by atoms with Crippen LogP contribution in [-0.4, -0.2) is 29.1 Å². The van der Waals surface area contributed by atoms with E-state index >= 15 is 0 Å². The van der Waals surface area contributed by atoms with E-state index in [2.05, 4.69) is 4.98 Å². The van der Waals surface area contributed by atoms with Crippen molar-refractivity contribution in [2.24, 2.45) is 5.92 Å². The van der Waals surface area contributed by atoms with Crippen molar-refractivity contribution in [2.75, 3.05) is 18.0 Å². The third-order valence-electron chi connectivity index (χ3n) is 3.92. The van der Waals surface area contributed by atoms with Gasteiger partial charge in [-0.15, -0.1) is 0 Å². The number of fused-ring (bicyclic) bond motifs is 1. The van der Waals surface area contributed by atoms with Crippen LogP contribution in [0.5, 0.6) is 0 Å². The second kappa shape index (κ2) is 5.00. The first-order valence-corrected chi connectivity index (χ1v) is 6.75. The standard InChI is InChI=1S/C15H16N2O3/c18-14-12-4-2-1-3-11(12)9-13(16-14)17-7-5-10(6-8-17)15(19)20/h1-4,9-10H,5-8H2,(H,16,18)(H,19,20). The van der Waals surface area contributed by atoms with Gasteiger partial charge in [0.1, 0.15) is 5.82 Å². The minimum absolute atomic E-state index is 0.0986. The molecule has 3 rings (SSSR count). The Morgan fingerprint density at radius 2 is 1.95 bits per heavy atom. The fourth-order valence-electron chi connectivity index (χ4n) is 2.73. The van der Waals surface area contributed by atoms with E-state index < -0.39 is 5.97 Å². The van der Waals surface area contributed by atoms with Gasteiger partial charge in [-0.3, -0.25) is 9.59 Å². The molecule has 1 aromatic heterocycles. The fourth-order valence-corrected chi connectivity index (χ4v) is 2.73. The van der Waals surface area contributed by atoms with Crippen LogP contribution in [0.1, 0.15) is 12.8 Å². The Kier molecular flexibility index (Phi) is 3.18. The molecule has 5 heteroatoms. The first kappa shape index (κ1) is 12.7. The second-order valence-electron chi connectivity index (χ2n) is 5.17. The predicted molar refractivity (Wildman–Crippen MR) is 77.1 cm³/mol. The minimum atomic E-state index is -0.725. The van der Waals surface area contributed by atoms with Crippen molar-refractivity contribution in [3.05, 3.63) is 40.7 Å². The highest BCUT2D eigenvalue weighted by atomic mass is 16.4. The summed E-state index contributed by atoms with van der Waals surface area (Å²) in [6.45, 7) is 1.32. The SMILES string of the molecule is O=C(O)C1CCN(c2cc3ccccc3c(=O)[nH]2)CC1. The van der Waals surface area contributed by atoms with Crippen LogP contribution in [0.25, 0.3) is 10.8 Å². The van der Waals surface area contributed by atoms with Crippen LogP contribution in [-0.2, 0) is 4.79 Å². The number of aliphatic carboxylic acids is 1. The molecule has 5 nitrogen and oxygen atoms in total. The van der Waals surface area contributed by atoms with Crippen molar-refractivity contribution in [1.29, 1.82) is 0 Å². The van der Waals surface area contributed by atoms with Crippen molar-refractivity contribution >= 4 is 22.6 Å². The van der Waals surface area contributed by atoms with Gasteiger partial charge in [-0.25, -0.2) is 0 Å². The number of hydrogen-bond acceptors (Lipinski definition) is 3. The molecule has 0 bridgehead atoms. The van der Waals surface area contributed by atoms with Gasteiger partial charge >= 0.3 is 5.97 Å². The van der Waals surface area contributed by atoms with E-state index in [1.807, 2.05) is 29.2 Å². The highest BCUT2D eigenvalue weighted by Gasteiger charge is 2.25. The molecule has 2 heterocycles.